The molecule has 1 fully saturated rings. The van der Waals surface area contributed by atoms with Crippen molar-refractivity contribution in [1.29, 1.82) is 0 Å². The zero-order valence-corrected chi connectivity index (χ0v) is 14.6. The van der Waals surface area contributed by atoms with Gasteiger partial charge >= 0.3 is 0 Å². The summed E-state index contributed by atoms with van der Waals surface area (Å²) in [5.41, 5.74) is 0.0226. The summed E-state index contributed by atoms with van der Waals surface area (Å²) in [6, 6.07) is 7.69. The molecule has 1 aliphatic rings. The van der Waals surface area contributed by atoms with Crippen molar-refractivity contribution in [1.82, 2.24) is 20.1 Å². The van der Waals surface area contributed by atoms with Gasteiger partial charge in [-0.2, -0.15) is 0 Å². The molecule has 0 atom stereocenters. The van der Waals surface area contributed by atoms with Crippen LogP contribution < -0.4 is 10.6 Å². The molecule has 2 heterocycles. The largest absolute Gasteiger partial charge is 0.368 e. The lowest BCUT2D eigenvalue weighted by molar-refractivity contribution is -0.140. The maximum Gasteiger partial charge on any atom is 0.256 e. The van der Waals surface area contributed by atoms with Gasteiger partial charge in [-0.25, -0.2) is 0 Å². The minimum absolute atomic E-state index is 0.0831. The molecule has 24 heavy (non-hydrogen) atoms. The van der Waals surface area contributed by atoms with E-state index in [0.29, 0.717) is 12.8 Å². The van der Waals surface area contributed by atoms with Gasteiger partial charge in [-0.05, 0) is 62.0 Å². The van der Waals surface area contributed by atoms with Gasteiger partial charge in [0.25, 0.3) is 5.91 Å². The minimum Gasteiger partial charge on any atom is -0.368 e. The van der Waals surface area contributed by atoms with Gasteiger partial charge in [0.15, 0.2) is 5.16 Å². The number of amides is 1. The van der Waals surface area contributed by atoms with Crippen LogP contribution in [0.25, 0.3) is 0 Å². The zero-order valence-electron chi connectivity index (χ0n) is 13.8. The summed E-state index contributed by atoms with van der Waals surface area (Å²) in [5, 5.41) is 14.9. The Morgan fingerprint density at radius 2 is 2.04 bits per heavy atom. The second kappa shape index (κ2) is 7.33. The van der Waals surface area contributed by atoms with E-state index in [0.717, 1.165) is 28.8 Å². The molecule has 8 heteroatoms. The zero-order chi connectivity index (χ0) is 17.0. The molecular weight excluding hydrogens is 326 g/mol. The molecule has 0 saturated carbocycles. The van der Waals surface area contributed by atoms with Crippen molar-refractivity contribution < 1.29 is 9.53 Å². The third-order valence-electron chi connectivity index (χ3n) is 4.21. The number of rotatable bonds is 5. The summed E-state index contributed by atoms with van der Waals surface area (Å²) >= 11 is 1.52. The highest BCUT2D eigenvalue weighted by Crippen LogP contribution is 2.28. The Labute approximate surface area is 145 Å². The number of piperidine rings is 1. The highest BCUT2D eigenvalue weighted by Gasteiger charge is 2.39. The van der Waals surface area contributed by atoms with Gasteiger partial charge in [0.1, 0.15) is 11.9 Å². The third kappa shape index (κ3) is 3.61. The number of carbonyl (C=O) groups is 1. The molecule has 3 rings (SSSR count). The summed E-state index contributed by atoms with van der Waals surface area (Å²) in [7, 11) is 3.51. The van der Waals surface area contributed by atoms with Crippen LogP contribution in [0.5, 0.6) is 0 Å². The van der Waals surface area contributed by atoms with E-state index in [2.05, 4.69) is 20.8 Å². The topological polar surface area (TPSA) is 81.1 Å². The van der Waals surface area contributed by atoms with Crippen molar-refractivity contribution >= 4 is 23.4 Å². The van der Waals surface area contributed by atoms with Gasteiger partial charge in [-0.1, -0.05) is 0 Å². The molecule has 0 unspecified atom stereocenters. The fourth-order valence-corrected chi connectivity index (χ4v) is 3.44. The SMILES string of the molecule is COC1(C(=O)Nc2ccc(Sc3nncn3C)cc2)CCNCC1. The first-order valence-electron chi connectivity index (χ1n) is 7.82. The van der Waals surface area contributed by atoms with Gasteiger partial charge in [0, 0.05) is 24.7 Å². The smallest absolute Gasteiger partial charge is 0.256 e. The van der Waals surface area contributed by atoms with Gasteiger partial charge in [0.2, 0.25) is 0 Å². The number of nitrogens with zero attached hydrogens (tertiary/aromatic N) is 3. The molecule has 0 radical (unpaired) electrons. The lowest BCUT2D eigenvalue weighted by Gasteiger charge is -2.34. The maximum absolute atomic E-state index is 12.6. The first-order valence-corrected chi connectivity index (χ1v) is 8.64. The predicted molar refractivity (Wildman–Crippen MR) is 92.0 cm³/mol. The first kappa shape index (κ1) is 16.9. The van der Waals surface area contributed by atoms with Crippen LogP contribution in [0.2, 0.25) is 0 Å². The molecule has 0 spiro atoms. The van der Waals surface area contributed by atoms with Crippen LogP contribution in [0.3, 0.4) is 0 Å². The lowest BCUT2D eigenvalue weighted by atomic mass is 9.91. The van der Waals surface area contributed by atoms with Gasteiger partial charge in [-0.3, -0.25) is 4.79 Å². The summed E-state index contributed by atoms with van der Waals surface area (Å²) in [6.45, 7) is 1.57. The number of anilines is 1. The van der Waals surface area contributed by atoms with E-state index in [1.807, 2.05) is 35.9 Å². The van der Waals surface area contributed by atoms with E-state index in [9.17, 15) is 4.79 Å². The average Bonchev–Trinajstić information content (AvgIpc) is 3.02. The highest BCUT2D eigenvalue weighted by molar-refractivity contribution is 7.99. The number of aromatic nitrogens is 3. The van der Waals surface area contributed by atoms with Crippen molar-refractivity contribution in [3.63, 3.8) is 0 Å². The van der Waals surface area contributed by atoms with E-state index < -0.39 is 5.60 Å². The Bertz CT molecular complexity index is 695. The Balaban J connectivity index is 1.65. The Morgan fingerprint density at radius 1 is 1.33 bits per heavy atom. The number of nitrogens with one attached hydrogen (secondary N) is 2. The summed E-state index contributed by atoms with van der Waals surface area (Å²) < 4.78 is 7.41. The van der Waals surface area contributed by atoms with E-state index in [1.54, 1.807) is 13.4 Å². The summed E-state index contributed by atoms with van der Waals surface area (Å²) in [6.07, 6.45) is 3.02. The molecule has 0 bridgehead atoms. The Hall–Kier alpha value is -1.90. The van der Waals surface area contributed by atoms with Crippen molar-refractivity contribution in [3.8, 4) is 0 Å². The van der Waals surface area contributed by atoms with Crippen LogP contribution in [0.1, 0.15) is 12.8 Å². The molecule has 0 aliphatic carbocycles. The maximum atomic E-state index is 12.6. The van der Waals surface area contributed by atoms with E-state index in [-0.39, 0.29) is 5.91 Å². The molecule has 2 N–H and O–H groups in total. The predicted octanol–water partition coefficient (Wildman–Crippen LogP) is 1.67. The molecule has 128 valence electrons. The van der Waals surface area contributed by atoms with Crippen LogP contribution in [0.15, 0.2) is 40.6 Å². The Morgan fingerprint density at radius 3 is 2.62 bits per heavy atom. The third-order valence-corrected chi connectivity index (χ3v) is 5.27. The number of ether oxygens (including phenoxy) is 1. The van der Waals surface area contributed by atoms with Crippen LogP contribution in [0.4, 0.5) is 5.69 Å². The van der Waals surface area contributed by atoms with Crippen molar-refractivity contribution in [2.24, 2.45) is 7.05 Å². The van der Waals surface area contributed by atoms with E-state index >= 15 is 0 Å². The quantitative estimate of drug-likeness (QED) is 0.856. The number of hydrogen-bond donors (Lipinski definition) is 2. The molecule has 1 aromatic heterocycles. The first-order chi connectivity index (χ1) is 11.6. The molecule has 1 saturated heterocycles. The molecule has 7 nitrogen and oxygen atoms in total. The molecule has 1 amide bonds. The monoisotopic (exact) mass is 347 g/mol. The second-order valence-electron chi connectivity index (χ2n) is 5.75. The second-order valence-corrected chi connectivity index (χ2v) is 6.79. The standard InChI is InChI=1S/C16H21N5O2S/c1-21-11-18-20-15(21)24-13-5-3-12(4-6-13)19-14(22)16(23-2)7-9-17-10-8-16/h3-6,11,17H,7-10H2,1-2H3,(H,19,22). The molecule has 1 aromatic carbocycles. The average molecular weight is 347 g/mol. The summed E-state index contributed by atoms with van der Waals surface area (Å²) in [5.74, 6) is -0.0831. The number of hydrogen-bond acceptors (Lipinski definition) is 6. The van der Waals surface area contributed by atoms with E-state index in [4.69, 9.17) is 4.74 Å². The minimum atomic E-state index is -0.739. The van der Waals surface area contributed by atoms with Crippen LogP contribution >= 0.6 is 11.8 Å². The number of carbonyl (C=O) groups excluding carboxylic acids is 1. The van der Waals surface area contributed by atoms with Crippen molar-refractivity contribution in [2.75, 3.05) is 25.5 Å². The van der Waals surface area contributed by atoms with Crippen molar-refractivity contribution in [2.45, 2.75) is 28.5 Å². The van der Waals surface area contributed by atoms with Gasteiger partial charge in [0.05, 0.1) is 0 Å². The fourth-order valence-electron chi connectivity index (χ4n) is 2.68. The number of benzene rings is 1. The number of methoxy groups -OCH3 is 1. The molecule has 1 aliphatic heterocycles. The highest BCUT2D eigenvalue weighted by atomic mass is 32.2. The normalized spacial score (nSPS) is 16.8. The molecule has 2 aromatic rings. The summed E-state index contributed by atoms with van der Waals surface area (Å²) in [4.78, 5) is 13.7. The number of aryl methyl sites for hydroxylation is 1. The fraction of sp³-hybridized carbons (Fsp3) is 0.438. The molecular formula is C16H21N5O2S. The van der Waals surface area contributed by atoms with Crippen LogP contribution in [-0.2, 0) is 16.6 Å². The van der Waals surface area contributed by atoms with Crippen LogP contribution in [-0.4, -0.2) is 46.5 Å². The van der Waals surface area contributed by atoms with Crippen LogP contribution in [0, 0.1) is 0 Å². The van der Waals surface area contributed by atoms with Gasteiger partial charge in [-0.15, -0.1) is 10.2 Å². The van der Waals surface area contributed by atoms with Crippen molar-refractivity contribution in [3.05, 3.63) is 30.6 Å². The Kier molecular flexibility index (Phi) is 5.17. The van der Waals surface area contributed by atoms with E-state index in [1.165, 1.54) is 11.8 Å². The van der Waals surface area contributed by atoms with Gasteiger partial charge < -0.3 is 19.9 Å². The lowest BCUT2D eigenvalue weighted by Crippen LogP contribution is -2.51.